The van der Waals surface area contributed by atoms with Gasteiger partial charge in [-0.2, -0.15) is 0 Å². The van der Waals surface area contributed by atoms with Gasteiger partial charge in [0.25, 0.3) is 5.91 Å². The van der Waals surface area contributed by atoms with E-state index in [2.05, 4.69) is 10.6 Å². The normalized spacial score (nSPS) is 24.6. The fourth-order valence-corrected chi connectivity index (χ4v) is 4.74. The number of nitrogens with zero attached hydrogens (tertiary/aromatic N) is 1. The van der Waals surface area contributed by atoms with Crippen LogP contribution in [0.2, 0.25) is 0 Å². The molecule has 2 fully saturated rings. The third kappa shape index (κ3) is 4.18. The number of hydrogen-bond donors (Lipinski definition) is 2. The Morgan fingerprint density at radius 1 is 1.35 bits per heavy atom. The number of amides is 4. The molecule has 4 amide bonds. The Hall–Kier alpha value is -2.49. The van der Waals surface area contributed by atoms with Crippen LogP contribution >= 0.6 is 0 Å². The van der Waals surface area contributed by atoms with Gasteiger partial charge in [-0.15, -0.1) is 0 Å². The van der Waals surface area contributed by atoms with Crippen molar-refractivity contribution in [3.63, 3.8) is 0 Å². The lowest BCUT2D eigenvalue weighted by atomic mass is 10.1. The van der Waals surface area contributed by atoms with E-state index in [1.165, 1.54) is 18.2 Å². The number of halogens is 1. The first-order valence-electron chi connectivity index (χ1n) is 8.09. The summed E-state index contributed by atoms with van der Waals surface area (Å²) in [7, 11) is -3.13. The van der Waals surface area contributed by atoms with Crippen molar-refractivity contribution in [1.82, 2.24) is 15.5 Å². The Balaban J connectivity index is 1.57. The number of imide groups is 1. The van der Waals surface area contributed by atoms with E-state index >= 15 is 0 Å². The third-order valence-corrected chi connectivity index (χ3v) is 6.09. The molecule has 2 aliphatic heterocycles. The summed E-state index contributed by atoms with van der Waals surface area (Å²) < 4.78 is 36.0. The zero-order valence-electron chi connectivity index (χ0n) is 13.8. The lowest BCUT2D eigenvalue weighted by Gasteiger charge is -2.14. The molecule has 0 radical (unpaired) electrons. The second kappa shape index (κ2) is 7.02. The molecule has 3 rings (SSSR count). The van der Waals surface area contributed by atoms with Gasteiger partial charge >= 0.3 is 6.03 Å². The number of sulfone groups is 1. The second-order valence-corrected chi connectivity index (χ2v) is 8.66. The van der Waals surface area contributed by atoms with E-state index in [-0.39, 0.29) is 24.5 Å². The average Bonchev–Trinajstić information content (AvgIpc) is 3.01. The highest BCUT2D eigenvalue weighted by Crippen LogP contribution is 2.16. The van der Waals surface area contributed by atoms with Crippen LogP contribution in [0.3, 0.4) is 0 Å². The predicted molar refractivity (Wildman–Crippen MR) is 89.1 cm³/mol. The van der Waals surface area contributed by atoms with Gasteiger partial charge in [0.2, 0.25) is 5.91 Å². The first-order valence-corrected chi connectivity index (χ1v) is 9.92. The van der Waals surface area contributed by atoms with Gasteiger partial charge in [0.1, 0.15) is 11.9 Å². The monoisotopic (exact) mass is 383 g/mol. The Kier molecular flexibility index (Phi) is 4.94. The fourth-order valence-electron chi connectivity index (χ4n) is 3.06. The fraction of sp³-hybridized carbons (Fsp3) is 0.438. The minimum absolute atomic E-state index is 0.0262. The topological polar surface area (TPSA) is 113 Å². The molecule has 1 aromatic carbocycles. The average molecular weight is 383 g/mol. The number of carbonyl (C=O) groups is 3. The van der Waals surface area contributed by atoms with E-state index in [1.807, 2.05) is 0 Å². The van der Waals surface area contributed by atoms with Gasteiger partial charge in [-0.25, -0.2) is 17.6 Å². The number of nitrogens with one attached hydrogen (secondary N) is 2. The van der Waals surface area contributed by atoms with E-state index in [0.717, 1.165) is 4.90 Å². The van der Waals surface area contributed by atoms with Gasteiger partial charge in [0, 0.05) is 6.04 Å². The molecule has 0 aliphatic carbocycles. The van der Waals surface area contributed by atoms with Crippen LogP contribution in [0.4, 0.5) is 9.18 Å². The molecule has 26 heavy (non-hydrogen) atoms. The predicted octanol–water partition coefficient (Wildman–Crippen LogP) is -0.0605. The number of hydrogen-bond acceptors (Lipinski definition) is 5. The highest BCUT2D eigenvalue weighted by atomic mass is 32.2. The molecule has 1 aromatic rings. The van der Waals surface area contributed by atoms with Crippen LogP contribution in [0.15, 0.2) is 24.3 Å². The van der Waals surface area contributed by atoms with Crippen molar-refractivity contribution in [3.8, 4) is 0 Å². The molecule has 10 heteroatoms. The van der Waals surface area contributed by atoms with Crippen molar-refractivity contribution in [2.24, 2.45) is 0 Å². The zero-order valence-corrected chi connectivity index (χ0v) is 14.6. The van der Waals surface area contributed by atoms with Gasteiger partial charge in [0.05, 0.1) is 24.5 Å². The molecular weight excluding hydrogens is 365 g/mol. The van der Waals surface area contributed by atoms with Crippen molar-refractivity contribution in [2.45, 2.75) is 31.5 Å². The van der Waals surface area contributed by atoms with Gasteiger partial charge in [-0.05, 0) is 24.1 Å². The summed E-state index contributed by atoms with van der Waals surface area (Å²) in [4.78, 5) is 37.3. The molecule has 0 spiro atoms. The van der Waals surface area contributed by atoms with E-state index < -0.39 is 45.6 Å². The Morgan fingerprint density at radius 2 is 2.12 bits per heavy atom. The summed E-state index contributed by atoms with van der Waals surface area (Å²) in [5, 5.41) is 5.00. The molecular formula is C16H18FN3O5S. The molecule has 8 nitrogen and oxygen atoms in total. The summed E-state index contributed by atoms with van der Waals surface area (Å²) in [5.74, 6) is -1.64. The van der Waals surface area contributed by atoms with Crippen LogP contribution in [-0.4, -0.2) is 54.8 Å². The summed E-state index contributed by atoms with van der Waals surface area (Å²) in [6, 6.07) is 3.40. The van der Waals surface area contributed by atoms with Crippen molar-refractivity contribution >= 4 is 27.7 Å². The zero-order chi connectivity index (χ0) is 18.9. The lowest BCUT2D eigenvalue weighted by molar-refractivity contribution is -0.131. The largest absolute Gasteiger partial charge is 0.352 e. The molecule has 2 atom stereocenters. The summed E-state index contributed by atoms with van der Waals surface area (Å²) in [6.07, 6.45) is 0.0610. The smallest absolute Gasteiger partial charge is 0.325 e. The summed E-state index contributed by atoms with van der Waals surface area (Å²) in [5.41, 5.74) is 0.453. The highest BCUT2D eigenvalue weighted by molar-refractivity contribution is 7.91. The van der Waals surface area contributed by atoms with Crippen LogP contribution in [-0.2, 0) is 26.0 Å². The molecule has 2 N–H and O–H groups in total. The van der Waals surface area contributed by atoms with E-state index in [0.29, 0.717) is 12.0 Å². The maximum Gasteiger partial charge on any atom is 0.325 e. The standard InChI is InChI=1S/C16H18FN3O5S/c17-11-3-1-2-10(6-11)8-20-15(22)13(19-16(20)23)7-14(21)18-12-4-5-26(24,25)9-12/h1-3,6,12-13H,4-5,7-9H2,(H,18,21)(H,19,23). The highest BCUT2D eigenvalue weighted by Gasteiger charge is 2.39. The van der Waals surface area contributed by atoms with Gasteiger partial charge in [0.15, 0.2) is 9.84 Å². The Bertz CT molecular complexity index is 857. The first kappa shape index (κ1) is 18.3. The molecule has 0 aromatic heterocycles. The molecule has 2 aliphatic rings. The third-order valence-electron chi connectivity index (χ3n) is 4.32. The molecule has 2 saturated heterocycles. The van der Waals surface area contributed by atoms with E-state index in [9.17, 15) is 27.2 Å². The van der Waals surface area contributed by atoms with Gasteiger partial charge in [-0.1, -0.05) is 12.1 Å². The maximum atomic E-state index is 13.2. The van der Waals surface area contributed by atoms with Crippen molar-refractivity contribution in [2.75, 3.05) is 11.5 Å². The number of carbonyl (C=O) groups excluding carboxylic acids is 3. The molecule has 0 bridgehead atoms. The quantitative estimate of drug-likeness (QED) is 0.692. The van der Waals surface area contributed by atoms with E-state index in [1.54, 1.807) is 6.07 Å². The molecule has 0 saturated carbocycles. The lowest BCUT2D eigenvalue weighted by Crippen LogP contribution is -2.41. The van der Waals surface area contributed by atoms with Gasteiger partial charge in [-0.3, -0.25) is 14.5 Å². The van der Waals surface area contributed by atoms with Crippen molar-refractivity contribution in [3.05, 3.63) is 35.6 Å². The minimum Gasteiger partial charge on any atom is -0.352 e. The Labute approximate surface area is 149 Å². The first-order chi connectivity index (χ1) is 12.2. The number of benzene rings is 1. The minimum atomic E-state index is -3.13. The van der Waals surface area contributed by atoms with Crippen LogP contribution in [0.1, 0.15) is 18.4 Å². The van der Waals surface area contributed by atoms with Crippen LogP contribution in [0.5, 0.6) is 0 Å². The van der Waals surface area contributed by atoms with Crippen molar-refractivity contribution in [1.29, 1.82) is 0 Å². The second-order valence-electron chi connectivity index (χ2n) is 6.43. The van der Waals surface area contributed by atoms with E-state index in [4.69, 9.17) is 0 Å². The van der Waals surface area contributed by atoms with Crippen molar-refractivity contribution < 1.29 is 27.2 Å². The Morgan fingerprint density at radius 3 is 2.77 bits per heavy atom. The molecule has 2 heterocycles. The van der Waals surface area contributed by atoms with Crippen LogP contribution in [0.25, 0.3) is 0 Å². The van der Waals surface area contributed by atoms with Crippen LogP contribution in [0, 0.1) is 5.82 Å². The van der Waals surface area contributed by atoms with Crippen LogP contribution < -0.4 is 10.6 Å². The molecule has 140 valence electrons. The number of urea groups is 1. The summed E-state index contributed by atoms with van der Waals surface area (Å²) >= 11 is 0. The maximum absolute atomic E-state index is 13.2. The molecule has 2 unspecified atom stereocenters. The SMILES string of the molecule is O=C(CC1NC(=O)N(Cc2cccc(F)c2)C1=O)NC1CCS(=O)(=O)C1. The summed E-state index contributed by atoms with van der Waals surface area (Å²) in [6.45, 7) is -0.0958. The number of rotatable bonds is 5. The van der Waals surface area contributed by atoms with Gasteiger partial charge < -0.3 is 10.6 Å².